The molecule has 1 aromatic heterocycles. The van der Waals surface area contributed by atoms with Gasteiger partial charge in [0.1, 0.15) is 5.69 Å². The van der Waals surface area contributed by atoms with Crippen LogP contribution in [0.5, 0.6) is 5.88 Å². The third kappa shape index (κ3) is 1.40. The highest BCUT2D eigenvalue weighted by molar-refractivity contribution is 5.60. The topological polar surface area (TPSA) is 47.0 Å². The van der Waals surface area contributed by atoms with Gasteiger partial charge < -0.3 is 9.47 Å². The third-order valence-electron chi connectivity index (χ3n) is 1.68. The second kappa shape index (κ2) is 3.30. The number of rotatable bonds is 2. The first-order valence-electron chi connectivity index (χ1n) is 3.82. The van der Waals surface area contributed by atoms with Crippen molar-refractivity contribution in [2.45, 2.75) is 0 Å². The Morgan fingerprint density at radius 1 is 1.62 bits per heavy atom. The van der Waals surface area contributed by atoms with Gasteiger partial charge >= 0.3 is 0 Å². The molecule has 0 fully saturated rings. The predicted molar refractivity (Wildman–Crippen MR) is 47.7 cm³/mol. The van der Waals surface area contributed by atoms with E-state index in [0.29, 0.717) is 12.6 Å². The number of ether oxygens (including phenoxy) is 2. The molecular formula is C8H9N3O2. The minimum Gasteiger partial charge on any atom is -0.479 e. The molecule has 5 nitrogen and oxygen atoms in total. The molecule has 0 radical (unpaired) electrons. The summed E-state index contributed by atoms with van der Waals surface area (Å²) < 4.78 is 10.0. The molecule has 0 spiro atoms. The molecule has 0 atom stereocenters. The Hall–Kier alpha value is -1.78. The number of hydrogen-bond acceptors (Lipinski definition) is 5. The molecule has 68 valence electrons. The van der Waals surface area contributed by atoms with Gasteiger partial charge in [-0.3, -0.25) is 0 Å². The first-order chi connectivity index (χ1) is 6.42. The molecule has 5 heteroatoms. The van der Waals surface area contributed by atoms with Gasteiger partial charge in [-0.1, -0.05) is 0 Å². The first-order valence-corrected chi connectivity index (χ1v) is 3.82. The summed E-state index contributed by atoms with van der Waals surface area (Å²) in [7, 11) is 1.58. The lowest BCUT2D eigenvalue weighted by Crippen LogP contribution is -2.14. The van der Waals surface area contributed by atoms with Crippen LogP contribution in [0.3, 0.4) is 0 Å². The van der Waals surface area contributed by atoms with Gasteiger partial charge in [-0.25, -0.2) is 9.99 Å². The molecule has 1 aromatic rings. The van der Waals surface area contributed by atoms with Crippen LogP contribution in [0.1, 0.15) is 0 Å². The van der Waals surface area contributed by atoms with Crippen LogP contribution in [0.4, 0.5) is 5.69 Å². The number of hydrogen-bond donors (Lipinski definition) is 0. The van der Waals surface area contributed by atoms with Gasteiger partial charge in [0.2, 0.25) is 5.88 Å². The lowest BCUT2D eigenvalue weighted by molar-refractivity contribution is 0.345. The van der Waals surface area contributed by atoms with Crippen molar-refractivity contribution in [3.8, 4) is 5.88 Å². The Balaban J connectivity index is 2.32. The fourth-order valence-corrected chi connectivity index (χ4v) is 1.10. The van der Waals surface area contributed by atoms with E-state index >= 15 is 0 Å². The number of pyridine rings is 1. The third-order valence-corrected chi connectivity index (χ3v) is 1.68. The number of anilines is 1. The molecule has 1 aliphatic heterocycles. The van der Waals surface area contributed by atoms with E-state index in [-0.39, 0.29) is 0 Å². The van der Waals surface area contributed by atoms with E-state index in [4.69, 9.17) is 9.47 Å². The standard InChI is InChI=1S/C8H9N3O2/c1-12-8-7(3-2-4-9-8)11-6-13-5-10-11/h2-5H,6H2,1H3. The van der Waals surface area contributed by atoms with Crippen LogP contribution >= 0.6 is 0 Å². The zero-order chi connectivity index (χ0) is 9.10. The average molecular weight is 179 g/mol. The number of hydrazone groups is 1. The van der Waals surface area contributed by atoms with Crippen LogP contribution in [0.2, 0.25) is 0 Å². The molecule has 0 bridgehead atoms. The summed E-state index contributed by atoms with van der Waals surface area (Å²) in [5.41, 5.74) is 0.804. The van der Waals surface area contributed by atoms with Crippen molar-refractivity contribution in [1.29, 1.82) is 0 Å². The molecule has 0 saturated heterocycles. The quantitative estimate of drug-likeness (QED) is 0.674. The van der Waals surface area contributed by atoms with E-state index in [1.165, 1.54) is 6.40 Å². The lowest BCUT2D eigenvalue weighted by atomic mass is 10.4. The van der Waals surface area contributed by atoms with Crippen molar-refractivity contribution in [3.63, 3.8) is 0 Å². The molecule has 1 aliphatic rings. The minimum atomic E-state index is 0.405. The summed E-state index contributed by atoms with van der Waals surface area (Å²) in [6.45, 7) is 0.405. The summed E-state index contributed by atoms with van der Waals surface area (Å²) >= 11 is 0. The molecule has 0 aliphatic carbocycles. The second-order valence-electron chi connectivity index (χ2n) is 2.45. The van der Waals surface area contributed by atoms with E-state index in [2.05, 4.69) is 10.1 Å². The van der Waals surface area contributed by atoms with Crippen molar-refractivity contribution >= 4 is 12.1 Å². The maximum atomic E-state index is 5.08. The highest BCUT2D eigenvalue weighted by atomic mass is 16.5. The van der Waals surface area contributed by atoms with Crippen molar-refractivity contribution in [1.82, 2.24) is 4.98 Å². The van der Waals surface area contributed by atoms with Gasteiger partial charge in [0, 0.05) is 6.20 Å². The fourth-order valence-electron chi connectivity index (χ4n) is 1.10. The maximum Gasteiger partial charge on any atom is 0.239 e. The van der Waals surface area contributed by atoms with Crippen molar-refractivity contribution < 1.29 is 9.47 Å². The number of nitrogens with zero attached hydrogens (tertiary/aromatic N) is 3. The summed E-state index contributed by atoms with van der Waals surface area (Å²) in [5.74, 6) is 0.546. The van der Waals surface area contributed by atoms with Gasteiger partial charge in [0.15, 0.2) is 13.1 Å². The molecule has 0 N–H and O–H groups in total. The molecule has 0 unspecified atom stereocenters. The average Bonchev–Trinajstić information content (AvgIpc) is 2.70. The Labute approximate surface area is 75.6 Å². The first kappa shape index (κ1) is 7.85. The maximum absolute atomic E-state index is 5.08. The molecular weight excluding hydrogens is 170 g/mol. The highest BCUT2D eigenvalue weighted by Crippen LogP contribution is 2.25. The van der Waals surface area contributed by atoms with Crippen LogP contribution in [0, 0.1) is 0 Å². The van der Waals surface area contributed by atoms with Crippen LogP contribution in [0.15, 0.2) is 23.4 Å². The zero-order valence-corrected chi connectivity index (χ0v) is 7.17. The minimum absolute atomic E-state index is 0.405. The summed E-state index contributed by atoms with van der Waals surface area (Å²) in [4.78, 5) is 4.05. The normalized spacial score (nSPS) is 14.4. The van der Waals surface area contributed by atoms with Crippen LogP contribution in [-0.4, -0.2) is 25.2 Å². The highest BCUT2D eigenvalue weighted by Gasteiger charge is 2.14. The second-order valence-corrected chi connectivity index (χ2v) is 2.45. The fraction of sp³-hybridized carbons (Fsp3) is 0.250. The summed E-state index contributed by atoms with van der Waals surface area (Å²) in [6.07, 6.45) is 3.06. The molecule has 0 aromatic carbocycles. The van der Waals surface area contributed by atoms with Crippen molar-refractivity contribution in [2.24, 2.45) is 5.10 Å². The summed E-state index contributed by atoms with van der Waals surface area (Å²) in [6, 6.07) is 3.70. The lowest BCUT2D eigenvalue weighted by Gasteiger charge is -2.13. The van der Waals surface area contributed by atoms with E-state index in [0.717, 1.165) is 5.69 Å². The van der Waals surface area contributed by atoms with Crippen molar-refractivity contribution in [3.05, 3.63) is 18.3 Å². The Bertz CT molecular complexity index is 327. The van der Waals surface area contributed by atoms with Crippen molar-refractivity contribution in [2.75, 3.05) is 18.8 Å². The van der Waals surface area contributed by atoms with E-state index in [9.17, 15) is 0 Å². The Morgan fingerprint density at radius 2 is 2.54 bits per heavy atom. The molecule has 2 heterocycles. The van der Waals surface area contributed by atoms with Crippen LogP contribution in [-0.2, 0) is 4.74 Å². The summed E-state index contributed by atoms with van der Waals surface area (Å²) in [5, 5.41) is 5.65. The van der Waals surface area contributed by atoms with Gasteiger partial charge in [-0.05, 0) is 12.1 Å². The van der Waals surface area contributed by atoms with Gasteiger partial charge in [0.25, 0.3) is 0 Å². The molecule has 13 heavy (non-hydrogen) atoms. The van der Waals surface area contributed by atoms with Gasteiger partial charge in [-0.15, -0.1) is 5.10 Å². The molecule has 0 amide bonds. The van der Waals surface area contributed by atoms with E-state index in [1.54, 1.807) is 18.3 Å². The smallest absolute Gasteiger partial charge is 0.239 e. The monoisotopic (exact) mass is 179 g/mol. The molecule has 2 rings (SSSR count). The van der Waals surface area contributed by atoms with E-state index < -0.39 is 0 Å². The SMILES string of the molecule is COc1ncccc1N1COC=N1. The van der Waals surface area contributed by atoms with Crippen LogP contribution in [0.25, 0.3) is 0 Å². The van der Waals surface area contributed by atoms with Crippen LogP contribution < -0.4 is 9.75 Å². The largest absolute Gasteiger partial charge is 0.479 e. The van der Waals surface area contributed by atoms with Gasteiger partial charge in [0.05, 0.1) is 7.11 Å². The predicted octanol–water partition coefficient (Wildman–Crippen LogP) is 0.828. The number of methoxy groups -OCH3 is 1. The van der Waals surface area contributed by atoms with Gasteiger partial charge in [-0.2, -0.15) is 0 Å². The number of aromatic nitrogens is 1. The molecule has 0 saturated carbocycles. The Kier molecular flexibility index (Phi) is 1.99. The van der Waals surface area contributed by atoms with E-state index in [1.807, 2.05) is 12.1 Å². The Morgan fingerprint density at radius 3 is 3.23 bits per heavy atom. The zero-order valence-electron chi connectivity index (χ0n) is 7.17.